The highest BCUT2D eigenvalue weighted by molar-refractivity contribution is 5.95. The van der Waals surface area contributed by atoms with E-state index in [1.165, 1.54) is 6.07 Å². The second kappa shape index (κ2) is 5.38. The maximum Gasteiger partial charge on any atom is 0.338 e. The smallest absolute Gasteiger partial charge is 0.338 e. The number of aromatic carboxylic acids is 1. The van der Waals surface area contributed by atoms with Gasteiger partial charge in [0.1, 0.15) is 12.1 Å². The zero-order valence-corrected chi connectivity index (χ0v) is 10.3. The Morgan fingerprint density at radius 1 is 1.53 bits per heavy atom. The number of carbonyl (C=O) groups is 2. The van der Waals surface area contributed by atoms with Gasteiger partial charge in [0.25, 0.3) is 5.91 Å². The van der Waals surface area contributed by atoms with Crippen LogP contribution < -0.4 is 5.32 Å². The van der Waals surface area contributed by atoms with Crippen LogP contribution in [0.5, 0.6) is 0 Å². The lowest BCUT2D eigenvalue weighted by Gasteiger charge is -2.03. The van der Waals surface area contributed by atoms with Crippen molar-refractivity contribution in [2.24, 2.45) is 7.05 Å². The van der Waals surface area contributed by atoms with Gasteiger partial charge in [0.2, 0.25) is 0 Å². The minimum Gasteiger partial charge on any atom is -0.478 e. The molecule has 2 heterocycles. The average molecular weight is 263 g/mol. The fraction of sp³-hybridized carbons (Fsp3) is 0.250. The third kappa shape index (κ3) is 3.01. The van der Waals surface area contributed by atoms with Crippen molar-refractivity contribution in [2.75, 3.05) is 6.54 Å². The number of rotatable bonds is 5. The van der Waals surface area contributed by atoms with Crippen LogP contribution >= 0.6 is 0 Å². The number of carboxylic acid groups (broad SMARTS) is 1. The highest BCUT2D eigenvalue weighted by Crippen LogP contribution is 2.07. The first kappa shape index (κ1) is 12.9. The molecule has 0 atom stereocenters. The molecule has 0 aliphatic carbocycles. The maximum absolute atomic E-state index is 11.7. The van der Waals surface area contributed by atoms with E-state index in [1.807, 2.05) is 17.8 Å². The van der Waals surface area contributed by atoms with Gasteiger partial charge in [0.15, 0.2) is 5.76 Å². The monoisotopic (exact) mass is 263 g/mol. The number of aromatic nitrogens is 2. The molecule has 1 amide bonds. The first-order valence-corrected chi connectivity index (χ1v) is 5.64. The lowest BCUT2D eigenvalue weighted by molar-refractivity contribution is 0.0696. The van der Waals surface area contributed by atoms with Crippen molar-refractivity contribution < 1.29 is 19.1 Å². The number of imidazole rings is 1. The second-order valence-electron chi connectivity index (χ2n) is 3.97. The lowest BCUT2D eigenvalue weighted by Crippen LogP contribution is -2.26. The van der Waals surface area contributed by atoms with Crippen molar-refractivity contribution in [1.29, 1.82) is 0 Å². The summed E-state index contributed by atoms with van der Waals surface area (Å²) >= 11 is 0. The molecular formula is C12H13N3O4. The van der Waals surface area contributed by atoms with Crippen molar-refractivity contribution in [3.63, 3.8) is 0 Å². The second-order valence-corrected chi connectivity index (χ2v) is 3.97. The van der Waals surface area contributed by atoms with Gasteiger partial charge in [-0.05, 0) is 0 Å². The standard InChI is InChI=1S/C12H13N3O4/c1-15-5-4-13-10(15)2-3-14-11(16)9-6-8(7-19-9)12(17)18/h4-7H,2-3H2,1H3,(H,14,16)(H,17,18). The normalized spacial score (nSPS) is 10.4. The topological polar surface area (TPSA) is 97.4 Å². The summed E-state index contributed by atoms with van der Waals surface area (Å²) in [7, 11) is 1.87. The molecule has 2 rings (SSSR count). The van der Waals surface area contributed by atoms with Gasteiger partial charge >= 0.3 is 5.97 Å². The first-order chi connectivity index (χ1) is 9.08. The van der Waals surface area contributed by atoms with E-state index in [2.05, 4.69) is 10.3 Å². The molecule has 100 valence electrons. The summed E-state index contributed by atoms with van der Waals surface area (Å²) in [6.07, 6.45) is 5.13. The van der Waals surface area contributed by atoms with E-state index in [9.17, 15) is 9.59 Å². The van der Waals surface area contributed by atoms with Gasteiger partial charge in [0, 0.05) is 38.5 Å². The number of furan rings is 1. The molecule has 0 aliphatic rings. The molecule has 19 heavy (non-hydrogen) atoms. The number of nitrogens with one attached hydrogen (secondary N) is 1. The lowest BCUT2D eigenvalue weighted by atomic mass is 10.3. The van der Waals surface area contributed by atoms with Gasteiger partial charge in [-0.2, -0.15) is 0 Å². The minimum absolute atomic E-state index is 0.0164. The van der Waals surface area contributed by atoms with Crippen LogP contribution in [0.15, 0.2) is 29.1 Å². The SMILES string of the molecule is Cn1ccnc1CCNC(=O)c1cc(C(=O)O)co1. The highest BCUT2D eigenvalue weighted by Gasteiger charge is 2.14. The summed E-state index contributed by atoms with van der Waals surface area (Å²) in [5, 5.41) is 11.3. The summed E-state index contributed by atoms with van der Waals surface area (Å²) in [6.45, 7) is 0.396. The summed E-state index contributed by atoms with van der Waals surface area (Å²) in [5.41, 5.74) is -0.0470. The number of carboxylic acids is 1. The van der Waals surface area contributed by atoms with E-state index in [0.29, 0.717) is 13.0 Å². The Labute approximate surface area is 108 Å². The van der Waals surface area contributed by atoms with Gasteiger partial charge in [-0.3, -0.25) is 4.79 Å². The van der Waals surface area contributed by atoms with Crippen LogP contribution in [0.4, 0.5) is 0 Å². The molecular weight excluding hydrogens is 250 g/mol. The molecule has 0 bridgehead atoms. The molecule has 2 aromatic rings. The van der Waals surface area contributed by atoms with E-state index in [4.69, 9.17) is 9.52 Å². The van der Waals surface area contributed by atoms with Crippen LogP contribution in [-0.4, -0.2) is 33.1 Å². The molecule has 0 saturated carbocycles. The Bertz CT molecular complexity index is 600. The molecule has 0 radical (unpaired) electrons. The third-order valence-electron chi connectivity index (χ3n) is 2.63. The quantitative estimate of drug-likeness (QED) is 0.826. The molecule has 0 spiro atoms. The summed E-state index contributed by atoms with van der Waals surface area (Å²) in [5.74, 6) is -0.735. The van der Waals surface area contributed by atoms with Crippen LogP contribution in [0.1, 0.15) is 26.7 Å². The Balaban J connectivity index is 1.87. The van der Waals surface area contributed by atoms with Crippen LogP contribution in [0.2, 0.25) is 0 Å². The zero-order valence-electron chi connectivity index (χ0n) is 10.3. The molecule has 7 heteroatoms. The summed E-state index contributed by atoms with van der Waals surface area (Å²) < 4.78 is 6.75. The van der Waals surface area contributed by atoms with E-state index >= 15 is 0 Å². The third-order valence-corrected chi connectivity index (χ3v) is 2.63. The van der Waals surface area contributed by atoms with Gasteiger partial charge in [-0.1, -0.05) is 0 Å². The van der Waals surface area contributed by atoms with E-state index < -0.39 is 11.9 Å². The molecule has 0 aliphatic heterocycles. The molecule has 0 aromatic carbocycles. The van der Waals surface area contributed by atoms with Crippen molar-refractivity contribution in [3.05, 3.63) is 41.9 Å². The first-order valence-electron chi connectivity index (χ1n) is 5.64. The van der Waals surface area contributed by atoms with E-state index in [0.717, 1.165) is 12.1 Å². The number of hydrogen-bond donors (Lipinski definition) is 2. The number of aryl methyl sites for hydroxylation is 1. The van der Waals surface area contributed by atoms with Crippen molar-refractivity contribution in [3.8, 4) is 0 Å². The van der Waals surface area contributed by atoms with Crippen LogP contribution in [0.25, 0.3) is 0 Å². The van der Waals surface area contributed by atoms with E-state index in [-0.39, 0.29) is 11.3 Å². The molecule has 0 saturated heterocycles. The van der Waals surface area contributed by atoms with Gasteiger partial charge < -0.3 is 19.4 Å². The largest absolute Gasteiger partial charge is 0.478 e. The van der Waals surface area contributed by atoms with Crippen molar-refractivity contribution in [2.45, 2.75) is 6.42 Å². The summed E-state index contributed by atoms with van der Waals surface area (Å²) in [6, 6.07) is 1.19. The predicted molar refractivity (Wildman–Crippen MR) is 64.9 cm³/mol. The van der Waals surface area contributed by atoms with Gasteiger partial charge in [-0.15, -0.1) is 0 Å². The number of hydrogen-bond acceptors (Lipinski definition) is 4. The van der Waals surface area contributed by atoms with Gasteiger partial charge in [-0.25, -0.2) is 9.78 Å². The van der Waals surface area contributed by atoms with Crippen molar-refractivity contribution >= 4 is 11.9 Å². The number of carbonyl (C=O) groups excluding carboxylic acids is 1. The fourth-order valence-electron chi connectivity index (χ4n) is 1.58. The summed E-state index contributed by atoms with van der Waals surface area (Å²) in [4.78, 5) is 26.4. The molecule has 0 fully saturated rings. The Morgan fingerprint density at radius 3 is 2.89 bits per heavy atom. The Kier molecular flexibility index (Phi) is 3.65. The Hall–Kier alpha value is -2.57. The van der Waals surface area contributed by atoms with Gasteiger partial charge in [0.05, 0.1) is 5.56 Å². The predicted octanol–water partition coefficient (Wildman–Crippen LogP) is 0.684. The molecule has 0 unspecified atom stereocenters. The van der Waals surface area contributed by atoms with Crippen LogP contribution in [0.3, 0.4) is 0 Å². The van der Waals surface area contributed by atoms with Crippen LogP contribution in [-0.2, 0) is 13.5 Å². The van der Waals surface area contributed by atoms with E-state index in [1.54, 1.807) is 6.20 Å². The molecule has 2 aromatic heterocycles. The number of amides is 1. The average Bonchev–Trinajstić information content (AvgIpc) is 2.98. The maximum atomic E-state index is 11.7. The number of nitrogens with zero attached hydrogens (tertiary/aromatic N) is 2. The highest BCUT2D eigenvalue weighted by atomic mass is 16.4. The fourth-order valence-corrected chi connectivity index (χ4v) is 1.58. The molecule has 7 nitrogen and oxygen atoms in total. The minimum atomic E-state index is -1.13. The van der Waals surface area contributed by atoms with Crippen molar-refractivity contribution in [1.82, 2.24) is 14.9 Å². The Morgan fingerprint density at radius 2 is 2.32 bits per heavy atom. The zero-order chi connectivity index (χ0) is 13.8. The molecule has 2 N–H and O–H groups in total. The van der Waals surface area contributed by atoms with Crippen LogP contribution in [0, 0.1) is 0 Å².